The molecule has 0 aliphatic carbocycles. The first-order chi connectivity index (χ1) is 11.6. The summed E-state index contributed by atoms with van der Waals surface area (Å²) in [5.41, 5.74) is 1.81. The van der Waals surface area contributed by atoms with Crippen LogP contribution in [0, 0.1) is 12.7 Å². The van der Waals surface area contributed by atoms with Gasteiger partial charge in [-0.3, -0.25) is 0 Å². The molecule has 3 rings (SSSR count). The number of urea groups is 1. The molecule has 6 heteroatoms. The molecule has 1 aromatic heterocycles. The lowest BCUT2D eigenvalue weighted by molar-refractivity contribution is 0.204. The number of amides is 2. The fraction of sp³-hybridized carbons (Fsp3) is 0.444. The van der Waals surface area contributed by atoms with Gasteiger partial charge in [0, 0.05) is 24.7 Å². The van der Waals surface area contributed by atoms with Gasteiger partial charge >= 0.3 is 6.03 Å². The lowest BCUT2D eigenvalue weighted by Gasteiger charge is -2.23. The van der Waals surface area contributed by atoms with E-state index in [9.17, 15) is 9.18 Å². The van der Waals surface area contributed by atoms with Gasteiger partial charge in [0.15, 0.2) is 0 Å². The average molecular weight is 331 g/mol. The quantitative estimate of drug-likeness (QED) is 0.901. The molecule has 1 aliphatic heterocycles. The molecule has 1 saturated heterocycles. The maximum atomic E-state index is 13.6. The normalized spacial score (nSPS) is 17.3. The Morgan fingerprint density at radius 3 is 3.04 bits per heavy atom. The number of aromatic nitrogens is 1. The third-order valence-electron chi connectivity index (χ3n) is 4.35. The standard InChI is InChI=1S/C18H22FN3O2/c1-3-5-14-11-16(21-24-14)17-6-4-9-22(17)18(23)20-13-8-7-12(2)15(19)10-13/h7-8,10-11,17H,3-6,9H2,1-2H3,(H,20,23)/t17-/m1/s1. The number of carbonyl (C=O) groups excluding carboxylic acids is 1. The van der Waals surface area contributed by atoms with Crippen LogP contribution in [0.4, 0.5) is 14.9 Å². The van der Waals surface area contributed by atoms with Gasteiger partial charge in [-0.2, -0.15) is 0 Å². The Morgan fingerprint density at radius 1 is 1.46 bits per heavy atom. The summed E-state index contributed by atoms with van der Waals surface area (Å²) in [5, 5.41) is 6.90. The summed E-state index contributed by atoms with van der Waals surface area (Å²) in [7, 11) is 0. The first-order valence-electron chi connectivity index (χ1n) is 8.37. The van der Waals surface area contributed by atoms with Gasteiger partial charge in [0.1, 0.15) is 17.3 Å². The van der Waals surface area contributed by atoms with Crippen LogP contribution in [-0.4, -0.2) is 22.6 Å². The lowest BCUT2D eigenvalue weighted by Crippen LogP contribution is -2.34. The van der Waals surface area contributed by atoms with E-state index in [1.165, 1.54) is 6.07 Å². The number of aryl methyl sites for hydroxylation is 2. The van der Waals surface area contributed by atoms with E-state index in [4.69, 9.17) is 4.52 Å². The Morgan fingerprint density at radius 2 is 2.29 bits per heavy atom. The lowest BCUT2D eigenvalue weighted by atomic mass is 10.1. The van der Waals surface area contributed by atoms with Crippen LogP contribution in [0.3, 0.4) is 0 Å². The second-order valence-corrected chi connectivity index (χ2v) is 6.21. The number of anilines is 1. The fourth-order valence-corrected chi connectivity index (χ4v) is 3.03. The van der Waals surface area contributed by atoms with E-state index >= 15 is 0 Å². The van der Waals surface area contributed by atoms with Gasteiger partial charge in [0.25, 0.3) is 0 Å². The molecule has 1 fully saturated rings. The van der Waals surface area contributed by atoms with E-state index in [-0.39, 0.29) is 17.9 Å². The van der Waals surface area contributed by atoms with Crippen molar-refractivity contribution >= 4 is 11.7 Å². The predicted octanol–water partition coefficient (Wildman–Crippen LogP) is 4.44. The number of hydrogen-bond donors (Lipinski definition) is 1. The molecule has 0 spiro atoms. The van der Waals surface area contributed by atoms with E-state index in [1.807, 2.05) is 6.07 Å². The van der Waals surface area contributed by atoms with Crippen molar-refractivity contribution in [2.45, 2.75) is 45.6 Å². The highest BCUT2D eigenvalue weighted by Crippen LogP contribution is 2.32. The number of likely N-dealkylation sites (tertiary alicyclic amines) is 1. The molecule has 0 unspecified atom stereocenters. The minimum atomic E-state index is -0.327. The summed E-state index contributed by atoms with van der Waals surface area (Å²) in [6, 6.07) is 6.31. The zero-order valence-corrected chi connectivity index (χ0v) is 14.0. The Kier molecular flexibility index (Phi) is 4.83. The molecular formula is C18H22FN3O2. The van der Waals surface area contributed by atoms with Crippen molar-refractivity contribution in [3.8, 4) is 0 Å². The van der Waals surface area contributed by atoms with Crippen molar-refractivity contribution in [1.29, 1.82) is 0 Å². The molecule has 0 bridgehead atoms. The van der Waals surface area contributed by atoms with E-state index in [0.717, 1.165) is 37.1 Å². The van der Waals surface area contributed by atoms with Crippen LogP contribution in [-0.2, 0) is 6.42 Å². The van der Waals surface area contributed by atoms with Crippen LogP contribution in [0.25, 0.3) is 0 Å². The number of halogens is 1. The SMILES string of the molecule is CCCc1cc([C@H]2CCCN2C(=O)Nc2ccc(C)c(F)c2)no1. The molecule has 128 valence electrons. The van der Waals surface area contributed by atoms with Crippen LogP contribution in [0.1, 0.15) is 49.2 Å². The highest BCUT2D eigenvalue weighted by molar-refractivity contribution is 5.89. The van der Waals surface area contributed by atoms with Crippen molar-refractivity contribution < 1.29 is 13.7 Å². The maximum Gasteiger partial charge on any atom is 0.322 e. The summed E-state index contributed by atoms with van der Waals surface area (Å²) in [6.45, 7) is 4.43. The number of nitrogens with one attached hydrogen (secondary N) is 1. The molecule has 1 aliphatic rings. The Labute approximate surface area is 140 Å². The Hall–Kier alpha value is -2.37. The first kappa shape index (κ1) is 16.5. The first-order valence-corrected chi connectivity index (χ1v) is 8.37. The Bertz CT molecular complexity index is 729. The van der Waals surface area contributed by atoms with Crippen molar-refractivity contribution in [3.05, 3.63) is 47.1 Å². The van der Waals surface area contributed by atoms with Gasteiger partial charge in [0.05, 0.1) is 6.04 Å². The summed E-state index contributed by atoms with van der Waals surface area (Å²) >= 11 is 0. The monoisotopic (exact) mass is 331 g/mol. The summed E-state index contributed by atoms with van der Waals surface area (Å²) in [4.78, 5) is 14.3. The minimum absolute atomic E-state index is 0.0883. The number of rotatable bonds is 4. The molecule has 5 nitrogen and oxygen atoms in total. The van der Waals surface area contributed by atoms with E-state index < -0.39 is 0 Å². The molecule has 1 aromatic carbocycles. The zero-order valence-electron chi connectivity index (χ0n) is 14.0. The van der Waals surface area contributed by atoms with Crippen LogP contribution in [0.15, 0.2) is 28.8 Å². The molecular weight excluding hydrogens is 309 g/mol. The predicted molar refractivity (Wildman–Crippen MR) is 89.3 cm³/mol. The van der Waals surface area contributed by atoms with E-state index in [0.29, 0.717) is 17.8 Å². The highest BCUT2D eigenvalue weighted by Gasteiger charge is 2.32. The van der Waals surface area contributed by atoms with Crippen LogP contribution < -0.4 is 5.32 Å². The zero-order chi connectivity index (χ0) is 17.1. The Balaban J connectivity index is 1.71. The van der Waals surface area contributed by atoms with Crippen LogP contribution in [0.5, 0.6) is 0 Å². The number of carbonyl (C=O) groups is 1. The maximum absolute atomic E-state index is 13.6. The van der Waals surface area contributed by atoms with Crippen molar-refractivity contribution in [3.63, 3.8) is 0 Å². The van der Waals surface area contributed by atoms with E-state index in [1.54, 1.807) is 24.0 Å². The van der Waals surface area contributed by atoms with E-state index in [2.05, 4.69) is 17.4 Å². The topological polar surface area (TPSA) is 58.4 Å². The van der Waals surface area contributed by atoms with Gasteiger partial charge in [-0.1, -0.05) is 18.1 Å². The summed E-state index contributed by atoms with van der Waals surface area (Å²) in [6.07, 6.45) is 3.60. The smallest absolute Gasteiger partial charge is 0.322 e. The average Bonchev–Trinajstić information content (AvgIpc) is 3.20. The van der Waals surface area contributed by atoms with Crippen molar-refractivity contribution in [1.82, 2.24) is 10.1 Å². The van der Waals surface area contributed by atoms with Crippen LogP contribution >= 0.6 is 0 Å². The summed E-state index contributed by atoms with van der Waals surface area (Å²) in [5.74, 6) is 0.520. The minimum Gasteiger partial charge on any atom is -0.361 e. The van der Waals surface area contributed by atoms with Crippen LogP contribution in [0.2, 0.25) is 0 Å². The number of hydrogen-bond acceptors (Lipinski definition) is 3. The second-order valence-electron chi connectivity index (χ2n) is 6.21. The van der Waals surface area contributed by atoms with Gasteiger partial charge < -0.3 is 14.7 Å². The molecule has 0 saturated carbocycles. The third-order valence-corrected chi connectivity index (χ3v) is 4.35. The molecule has 1 atom stereocenters. The number of benzene rings is 1. The third kappa shape index (κ3) is 3.42. The second kappa shape index (κ2) is 7.03. The van der Waals surface area contributed by atoms with Gasteiger partial charge in [0.2, 0.25) is 0 Å². The highest BCUT2D eigenvalue weighted by atomic mass is 19.1. The molecule has 24 heavy (non-hydrogen) atoms. The van der Waals surface area contributed by atoms with Gasteiger partial charge in [-0.05, 0) is 43.9 Å². The fourth-order valence-electron chi connectivity index (χ4n) is 3.03. The number of nitrogens with zero attached hydrogens (tertiary/aromatic N) is 2. The molecule has 2 aromatic rings. The van der Waals surface area contributed by atoms with Crippen molar-refractivity contribution in [2.24, 2.45) is 0 Å². The molecule has 1 N–H and O–H groups in total. The van der Waals surface area contributed by atoms with Gasteiger partial charge in [-0.25, -0.2) is 9.18 Å². The molecule has 2 heterocycles. The molecule has 2 amide bonds. The van der Waals surface area contributed by atoms with Crippen molar-refractivity contribution in [2.75, 3.05) is 11.9 Å². The summed E-state index contributed by atoms with van der Waals surface area (Å²) < 4.78 is 19.0. The van der Waals surface area contributed by atoms with Gasteiger partial charge in [-0.15, -0.1) is 0 Å². The molecule has 0 radical (unpaired) electrons. The largest absolute Gasteiger partial charge is 0.361 e.